The minimum Gasteiger partial charge on any atom is -0.457 e. The van der Waals surface area contributed by atoms with Gasteiger partial charge >= 0.3 is 0 Å². The van der Waals surface area contributed by atoms with Crippen molar-refractivity contribution < 1.29 is 9.47 Å². The molecule has 2 aromatic carbocycles. The molecule has 5 rings (SSSR count). The predicted octanol–water partition coefficient (Wildman–Crippen LogP) is 4.69. The summed E-state index contributed by atoms with van der Waals surface area (Å²) >= 11 is 0. The number of aryl methyl sites for hydroxylation is 1. The second-order valence-corrected chi connectivity index (χ2v) is 7.01. The number of rotatable bonds is 3. The molecule has 2 aromatic heterocycles. The molecule has 0 spiro atoms. The van der Waals surface area contributed by atoms with Crippen LogP contribution in [0.2, 0.25) is 0 Å². The van der Waals surface area contributed by atoms with Crippen molar-refractivity contribution in [1.82, 2.24) is 14.5 Å². The van der Waals surface area contributed by atoms with Crippen molar-refractivity contribution in [3.05, 3.63) is 71.7 Å². The number of ether oxygens (including phenoxy) is 2. The van der Waals surface area contributed by atoms with E-state index in [-0.39, 0.29) is 6.10 Å². The van der Waals surface area contributed by atoms with E-state index in [1.807, 2.05) is 55.5 Å². The van der Waals surface area contributed by atoms with Crippen LogP contribution in [-0.2, 0) is 11.3 Å². The van der Waals surface area contributed by atoms with E-state index < -0.39 is 0 Å². The lowest BCUT2D eigenvalue weighted by Gasteiger charge is -2.12. The Hall–Kier alpha value is -3.38. The molecule has 1 aliphatic rings. The zero-order valence-electron chi connectivity index (χ0n) is 15.7. The molecule has 0 saturated heterocycles. The van der Waals surface area contributed by atoms with Crippen LogP contribution in [0.25, 0.3) is 16.7 Å². The van der Waals surface area contributed by atoms with Crippen LogP contribution in [0.3, 0.4) is 0 Å². The maximum atomic E-state index is 6.21. The van der Waals surface area contributed by atoms with Crippen molar-refractivity contribution in [2.24, 2.45) is 0 Å². The van der Waals surface area contributed by atoms with Gasteiger partial charge in [-0.25, -0.2) is 9.97 Å². The summed E-state index contributed by atoms with van der Waals surface area (Å²) in [6.07, 6.45) is 1.49. The first-order valence-corrected chi connectivity index (χ1v) is 9.22. The number of hydrogen-bond acceptors (Lipinski definition) is 5. The lowest BCUT2D eigenvalue weighted by Crippen LogP contribution is -2.03. The smallest absolute Gasteiger partial charge is 0.151 e. The molecule has 3 heterocycles. The second-order valence-electron chi connectivity index (χ2n) is 7.01. The Morgan fingerprint density at radius 2 is 1.71 bits per heavy atom. The Kier molecular flexibility index (Phi) is 3.80. The predicted molar refractivity (Wildman–Crippen MR) is 108 cm³/mol. The van der Waals surface area contributed by atoms with Crippen LogP contribution >= 0.6 is 0 Å². The second kappa shape index (κ2) is 6.35. The zero-order chi connectivity index (χ0) is 19.3. The third-order valence-corrected chi connectivity index (χ3v) is 5.14. The van der Waals surface area contributed by atoms with Crippen molar-refractivity contribution in [3.8, 4) is 17.2 Å². The molecule has 140 valence electrons. The summed E-state index contributed by atoms with van der Waals surface area (Å²) in [4.78, 5) is 8.67. The molecule has 1 atom stereocenters. The molecule has 0 saturated carbocycles. The summed E-state index contributed by atoms with van der Waals surface area (Å²) < 4.78 is 13.9. The Labute approximate surface area is 162 Å². The Morgan fingerprint density at radius 1 is 1.04 bits per heavy atom. The third-order valence-electron chi connectivity index (χ3n) is 5.14. The van der Waals surface area contributed by atoms with E-state index in [2.05, 4.69) is 21.5 Å². The highest BCUT2D eigenvalue weighted by molar-refractivity contribution is 5.91. The number of nitrogen functional groups attached to an aromatic ring is 1. The summed E-state index contributed by atoms with van der Waals surface area (Å²) in [6, 6.07) is 15.9. The quantitative estimate of drug-likeness (QED) is 0.564. The number of nitrogens with zero attached hydrogens (tertiary/aromatic N) is 3. The highest BCUT2D eigenvalue weighted by Crippen LogP contribution is 2.40. The Balaban J connectivity index is 1.57. The van der Waals surface area contributed by atoms with E-state index in [0.29, 0.717) is 12.4 Å². The summed E-state index contributed by atoms with van der Waals surface area (Å²) in [6.45, 7) is 4.61. The molecule has 6 nitrogen and oxygen atoms in total. The van der Waals surface area contributed by atoms with E-state index in [1.54, 1.807) is 0 Å². The van der Waals surface area contributed by atoms with E-state index in [0.717, 1.165) is 39.5 Å². The number of aromatic nitrogens is 3. The number of fused-ring (bicyclic) bond motifs is 3. The summed E-state index contributed by atoms with van der Waals surface area (Å²) in [5, 5.41) is 0. The maximum Gasteiger partial charge on any atom is 0.151 e. The molecule has 28 heavy (non-hydrogen) atoms. The molecule has 0 amide bonds. The Morgan fingerprint density at radius 3 is 2.43 bits per heavy atom. The van der Waals surface area contributed by atoms with Gasteiger partial charge in [0.05, 0.1) is 18.4 Å². The van der Waals surface area contributed by atoms with Crippen molar-refractivity contribution in [2.45, 2.75) is 26.6 Å². The van der Waals surface area contributed by atoms with Crippen LogP contribution in [-0.4, -0.2) is 14.5 Å². The minimum absolute atomic E-state index is 0.0165. The molecule has 6 heteroatoms. The van der Waals surface area contributed by atoms with Gasteiger partial charge in [0, 0.05) is 11.3 Å². The van der Waals surface area contributed by atoms with Crippen molar-refractivity contribution in [1.29, 1.82) is 0 Å². The van der Waals surface area contributed by atoms with E-state index in [4.69, 9.17) is 15.2 Å². The lowest BCUT2D eigenvalue weighted by atomic mass is 10.1. The first-order valence-electron chi connectivity index (χ1n) is 9.22. The number of benzene rings is 2. The third kappa shape index (κ3) is 2.61. The van der Waals surface area contributed by atoms with Crippen LogP contribution in [0.5, 0.6) is 11.5 Å². The van der Waals surface area contributed by atoms with Crippen molar-refractivity contribution >= 4 is 16.9 Å². The highest BCUT2D eigenvalue weighted by atomic mass is 16.5. The SMILES string of the molecule is Cc1ccc(Oc2ccc(-n3c4c(c5ncnc(N)c53)C(C)OC4)cc2)cc1. The molecule has 1 unspecified atom stereocenters. The molecule has 1 aliphatic heterocycles. The normalized spacial score (nSPS) is 15.7. The van der Waals surface area contributed by atoms with Crippen LogP contribution < -0.4 is 10.5 Å². The van der Waals surface area contributed by atoms with Crippen LogP contribution in [0.1, 0.15) is 29.8 Å². The fourth-order valence-electron chi connectivity index (χ4n) is 3.75. The van der Waals surface area contributed by atoms with Gasteiger partial charge in [-0.15, -0.1) is 0 Å². The van der Waals surface area contributed by atoms with Gasteiger partial charge in [-0.3, -0.25) is 0 Å². The molecule has 2 N–H and O–H groups in total. The van der Waals surface area contributed by atoms with Gasteiger partial charge < -0.3 is 19.8 Å². The average Bonchev–Trinajstić information content (AvgIpc) is 3.23. The standard InChI is InChI=1S/C22H20N4O2/c1-13-3-7-16(8-4-13)28-17-9-5-15(6-10-17)26-18-11-27-14(2)19(18)20-21(26)22(23)25-12-24-20/h3-10,12,14H,11H2,1-2H3,(H2,23,24,25). The largest absolute Gasteiger partial charge is 0.457 e. The van der Waals surface area contributed by atoms with E-state index in [1.165, 1.54) is 11.9 Å². The highest BCUT2D eigenvalue weighted by Gasteiger charge is 2.30. The van der Waals surface area contributed by atoms with Gasteiger partial charge in [0.25, 0.3) is 0 Å². The van der Waals surface area contributed by atoms with Gasteiger partial charge in [0.1, 0.15) is 28.9 Å². The topological polar surface area (TPSA) is 75.2 Å². The van der Waals surface area contributed by atoms with Gasteiger partial charge in [-0.05, 0) is 50.2 Å². The summed E-state index contributed by atoms with van der Waals surface area (Å²) in [7, 11) is 0. The maximum absolute atomic E-state index is 6.21. The molecular weight excluding hydrogens is 352 g/mol. The first-order chi connectivity index (χ1) is 13.6. The molecule has 4 aromatic rings. The van der Waals surface area contributed by atoms with Crippen LogP contribution in [0, 0.1) is 6.92 Å². The molecule has 0 fully saturated rings. The molecule has 0 radical (unpaired) electrons. The molecule has 0 aliphatic carbocycles. The molecular formula is C22H20N4O2. The van der Waals surface area contributed by atoms with Crippen LogP contribution in [0.4, 0.5) is 5.82 Å². The monoisotopic (exact) mass is 372 g/mol. The fourth-order valence-corrected chi connectivity index (χ4v) is 3.75. The van der Waals surface area contributed by atoms with E-state index in [9.17, 15) is 0 Å². The summed E-state index contributed by atoms with van der Waals surface area (Å²) in [5.74, 6) is 2.05. The zero-order valence-corrected chi connectivity index (χ0v) is 15.7. The molecule has 0 bridgehead atoms. The number of anilines is 1. The summed E-state index contributed by atoms with van der Waals surface area (Å²) in [5.41, 5.74) is 12.2. The Bertz CT molecular complexity index is 1160. The van der Waals surface area contributed by atoms with Crippen molar-refractivity contribution in [3.63, 3.8) is 0 Å². The van der Waals surface area contributed by atoms with Crippen LogP contribution in [0.15, 0.2) is 54.9 Å². The average molecular weight is 372 g/mol. The minimum atomic E-state index is -0.0165. The van der Waals surface area contributed by atoms with Gasteiger partial charge in [-0.1, -0.05) is 17.7 Å². The number of nitrogens with two attached hydrogens (primary N) is 1. The van der Waals surface area contributed by atoms with Gasteiger partial charge in [0.15, 0.2) is 5.82 Å². The number of hydrogen-bond donors (Lipinski definition) is 1. The van der Waals surface area contributed by atoms with Crippen molar-refractivity contribution in [2.75, 3.05) is 5.73 Å². The van der Waals surface area contributed by atoms with Gasteiger partial charge in [-0.2, -0.15) is 0 Å². The van der Waals surface area contributed by atoms with Gasteiger partial charge in [0.2, 0.25) is 0 Å². The van der Waals surface area contributed by atoms with E-state index >= 15 is 0 Å². The lowest BCUT2D eigenvalue weighted by molar-refractivity contribution is 0.0783. The first kappa shape index (κ1) is 16.8. The fraction of sp³-hybridized carbons (Fsp3) is 0.182.